The molecular formula is C25H29NO2. The zero-order valence-corrected chi connectivity index (χ0v) is 16.5. The molecule has 3 nitrogen and oxygen atoms in total. The molecule has 3 aliphatic rings. The Morgan fingerprint density at radius 2 is 1.86 bits per heavy atom. The van der Waals surface area contributed by atoms with E-state index in [2.05, 4.69) is 59.9 Å². The molecule has 5 rings (SSSR count). The van der Waals surface area contributed by atoms with Crippen LogP contribution in [0.2, 0.25) is 0 Å². The number of piperidine rings is 1. The number of hydrogen-bond donors (Lipinski definition) is 1. The number of nitrogens with one attached hydrogen (secondary N) is 1. The predicted octanol–water partition coefficient (Wildman–Crippen LogP) is 3.98. The van der Waals surface area contributed by atoms with Crippen LogP contribution in [-0.4, -0.2) is 30.6 Å². The second-order valence-corrected chi connectivity index (χ2v) is 8.74. The van der Waals surface area contributed by atoms with Crippen molar-refractivity contribution in [2.24, 2.45) is 0 Å². The third kappa shape index (κ3) is 2.75. The van der Waals surface area contributed by atoms with Crippen molar-refractivity contribution >= 4 is 5.78 Å². The van der Waals surface area contributed by atoms with E-state index in [-0.39, 0.29) is 11.0 Å². The lowest BCUT2D eigenvalue weighted by atomic mass is 9.49. The molecule has 1 saturated carbocycles. The Bertz CT molecular complexity index is 864. The molecule has 2 aromatic carbocycles. The summed E-state index contributed by atoms with van der Waals surface area (Å²) < 4.78 is 6.84. The molecule has 0 spiro atoms. The van der Waals surface area contributed by atoms with E-state index >= 15 is 0 Å². The molecule has 0 amide bonds. The molecule has 1 aliphatic heterocycles. The van der Waals surface area contributed by atoms with Gasteiger partial charge in [-0.05, 0) is 55.3 Å². The van der Waals surface area contributed by atoms with Gasteiger partial charge in [-0.3, -0.25) is 4.79 Å². The maximum absolute atomic E-state index is 12.6. The number of carbonyl (C=O) groups is 1. The summed E-state index contributed by atoms with van der Waals surface area (Å²) in [6.45, 7) is 1.73. The molecule has 1 heterocycles. The summed E-state index contributed by atoms with van der Waals surface area (Å²) in [7, 11) is 0. The third-order valence-corrected chi connectivity index (χ3v) is 7.36. The number of carbonyl (C=O) groups excluding carboxylic acids is 1. The minimum absolute atomic E-state index is 0.153. The minimum Gasteiger partial charge on any atom is -0.372 e. The van der Waals surface area contributed by atoms with E-state index in [1.165, 1.54) is 16.7 Å². The molecule has 1 N–H and O–H groups in total. The van der Waals surface area contributed by atoms with Gasteiger partial charge in [0.2, 0.25) is 0 Å². The molecule has 2 aliphatic carbocycles. The van der Waals surface area contributed by atoms with Gasteiger partial charge in [-0.25, -0.2) is 0 Å². The Morgan fingerprint density at radius 1 is 1.04 bits per heavy atom. The number of Topliss-reactive ketones (excluding diaryl/α,β-unsaturated/α-hetero) is 1. The molecule has 28 heavy (non-hydrogen) atoms. The first-order valence-electron chi connectivity index (χ1n) is 10.7. The third-order valence-electron chi connectivity index (χ3n) is 7.36. The van der Waals surface area contributed by atoms with Crippen molar-refractivity contribution in [3.63, 3.8) is 0 Å². The van der Waals surface area contributed by atoms with Gasteiger partial charge in [-0.1, -0.05) is 54.6 Å². The first-order valence-corrected chi connectivity index (χ1v) is 10.7. The van der Waals surface area contributed by atoms with E-state index in [1.54, 1.807) is 0 Å². The van der Waals surface area contributed by atoms with Gasteiger partial charge in [0, 0.05) is 30.9 Å². The first-order chi connectivity index (χ1) is 13.7. The van der Waals surface area contributed by atoms with Gasteiger partial charge in [-0.2, -0.15) is 0 Å². The van der Waals surface area contributed by atoms with Gasteiger partial charge in [0.1, 0.15) is 5.78 Å². The minimum atomic E-state index is -0.246. The van der Waals surface area contributed by atoms with E-state index in [9.17, 15) is 4.79 Å². The average molecular weight is 376 g/mol. The molecule has 0 aromatic heterocycles. The lowest BCUT2D eigenvalue weighted by molar-refractivity contribution is -0.174. The van der Waals surface area contributed by atoms with Crippen molar-refractivity contribution in [1.29, 1.82) is 0 Å². The molecule has 3 atom stereocenters. The maximum Gasteiger partial charge on any atom is 0.134 e. The number of ether oxygens (including phenoxy) is 1. The summed E-state index contributed by atoms with van der Waals surface area (Å²) in [6, 6.07) is 19.7. The summed E-state index contributed by atoms with van der Waals surface area (Å²) in [6.07, 6.45) is 6.20. The highest BCUT2D eigenvalue weighted by atomic mass is 16.5. The van der Waals surface area contributed by atoms with Gasteiger partial charge in [0.15, 0.2) is 0 Å². The van der Waals surface area contributed by atoms with Gasteiger partial charge in [-0.15, -0.1) is 0 Å². The highest BCUT2D eigenvalue weighted by Gasteiger charge is 2.64. The van der Waals surface area contributed by atoms with Crippen LogP contribution >= 0.6 is 0 Å². The molecule has 0 radical (unpaired) electrons. The fraction of sp³-hybridized carbons (Fsp3) is 0.480. The summed E-state index contributed by atoms with van der Waals surface area (Å²) >= 11 is 0. The van der Waals surface area contributed by atoms with Crippen LogP contribution in [0.25, 0.3) is 0 Å². The SMILES string of the molecule is O=C1CCC2(OCCCc3ccccc3)[C@H]3Cc4ccccc4[C@@]2(CCN3)C1. The fourth-order valence-corrected chi connectivity index (χ4v) is 6.14. The van der Waals surface area contributed by atoms with E-state index in [0.29, 0.717) is 24.7 Å². The van der Waals surface area contributed by atoms with Crippen molar-refractivity contribution in [2.75, 3.05) is 13.2 Å². The second kappa shape index (κ2) is 7.13. The Hall–Kier alpha value is -1.97. The van der Waals surface area contributed by atoms with Crippen molar-refractivity contribution in [3.8, 4) is 0 Å². The van der Waals surface area contributed by atoms with Crippen LogP contribution < -0.4 is 5.32 Å². The van der Waals surface area contributed by atoms with Crippen LogP contribution in [0.4, 0.5) is 0 Å². The number of ketones is 1. The smallest absolute Gasteiger partial charge is 0.134 e. The first kappa shape index (κ1) is 18.1. The molecule has 146 valence electrons. The standard InChI is InChI=1S/C25H29NO2/c27-21-12-13-25(28-16-6-9-19-7-2-1-3-8-19)23-17-20-10-4-5-11-22(20)24(25,18-21)14-15-26-23/h1-5,7-8,10-11,23,26H,6,9,12-18H2/t23-,24-,25?/m1/s1. The number of aryl methyl sites for hydroxylation is 1. The van der Waals surface area contributed by atoms with Gasteiger partial charge < -0.3 is 10.1 Å². The zero-order chi connectivity index (χ0) is 19.0. The summed E-state index contributed by atoms with van der Waals surface area (Å²) in [4.78, 5) is 12.6. The Balaban J connectivity index is 1.43. The topological polar surface area (TPSA) is 38.3 Å². The van der Waals surface area contributed by atoms with Gasteiger partial charge >= 0.3 is 0 Å². The summed E-state index contributed by atoms with van der Waals surface area (Å²) in [5, 5.41) is 3.76. The quantitative estimate of drug-likeness (QED) is 0.803. The Kier molecular flexibility index (Phi) is 4.60. The predicted molar refractivity (Wildman–Crippen MR) is 111 cm³/mol. The zero-order valence-electron chi connectivity index (χ0n) is 16.5. The normalized spacial score (nSPS) is 31.1. The highest BCUT2D eigenvalue weighted by Crippen LogP contribution is 2.57. The lowest BCUT2D eigenvalue weighted by Crippen LogP contribution is -2.73. The van der Waals surface area contributed by atoms with E-state index in [0.717, 1.165) is 45.3 Å². The summed E-state index contributed by atoms with van der Waals surface area (Å²) in [5.41, 5.74) is 3.75. The number of rotatable bonds is 5. The fourth-order valence-electron chi connectivity index (χ4n) is 6.14. The molecule has 3 heteroatoms. The monoisotopic (exact) mass is 375 g/mol. The van der Waals surface area contributed by atoms with E-state index in [1.807, 2.05) is 0 Å². The molecular weight excluding hydrogens is 346 g/mol. The van der Waals surface area contributed by atoms with Crippen molar-refractivity contribution in [2.45, 2.75) is 62.0 Å². The molecule has 1 saturated heterocycles. The van der Waals surface area contributed by atoms with Gasteiger partial charge in [0.25, 0.3) is 0 Å². The van der Waals surface area contributed by atoms with Crippen LogP contribution in [0.3, 0.4) is 0 Å². The summed E-state index contributed by atoms with van der Waals surface area (Å²) in [5.74, 6) is 0.404. The number of hydrogen-bond acceptors (Lipinski definition) is 3. The van der Waals surface area contributed by atoms with Crippen LogP contribution in [0.1, 0.15) is 48.8 Å². The van der Waals surface area contributed by atoms with Crippen molar-refractivity contribution in [3.05, 3.63) is 71.3 Å². The van der Waals surface area contributed by atoms with Crippen molar-refractivity contribution < 1.29 is 9.53 Å². The van der Waals surface area contributed by atoms with E-state index < -0.39 is 0 Å². The van der Waals surface area contributed by atoms with Crippen LogP contribution in [0.15, 0.2) is 54.6 Å². The average Bonchev–Trinajstić information content (AvgIpc) is 2.72. The molecule has 2 bridgehead atoms. The highest BCUT2D eigenvalue weighted by molar-refractivity contribution is 5.82. The Morgan fingerprint density at radius 3 is 2.75 bits per heavy atom. The van der Waals surface area contributed by atoms with Crippen LogP contribution in [0.5, 0.6) is 0 Å². The van der Waals surface area contributed by atoms with Crippen LogP contribution in [0, 0.1) is 0 Å². The molecule has 2 aromatic rings. The number of fused-ring (bicyclic) bond motifs is 1. The second-order valence-electron chi connectivity index (χ2n) is 8.74. The Labute approximate surface area is 167 Å². The van der Waals surface area contributed by atoms with E-state index in [4.69, 9.17) is 4.74 Å². The van der Waals surface area contributed by atoms with Crippen LogP contribution in [-0.2, 0) is 27.8 Å². The largest absolute Gasteiger partial charge is 0.372 e. The molecule has 2 fully saturated rings. The maximum atomic E-state index is 12.6. The van der Waals surface area contributed by atoms with Crippen molar-refractivity contribution in [1.82, 2.24) is 5.32 Å². The van der Waals surface area contributed by atoms with Gasteiger partial charge in [0.05, 0.1) is 5.60 Å². The molecule has 1 unspecified atom stereocenters. The number of benzene rings is 2. The lowest BCUT2D eigenvalue weighted by Gasteiger charge is -2.62.